The molecule has 7 nitrogen and oxygen atoms in total. The van der Waals surface area contributed by atoms with Gasteiger partial charge in [0.25, 0.3) is 0 Å². The molecule has 0 aliphatic heterocycles. The summed E-state index contributed by atoms with van der Waals surface area (Å²) in [4.78, 5) is 16.0. The zero-order chi connectivity index (χ0) is 56.1. The van der Waals surface area contributed by atoms with Crippen molar-refractivity contribution in [2.75, 3.05) is 0 Å². The van der Waals surface area contributed by atoms with Crippen LogP contribution in [0.15, 0.2) is 285 Å². The Hall–Kier alpha value is -11.8. The summed E-state index contributed by atoms with van der Waals surface area (Å²) >= 11 is 0. The second-order valence-electron chi connectivity index (χ2n) is 21.1. The first kappa shape index (κ1) is 49.3. The topological polar surface area (TPSA) is 96.1 Å². The lowest BCUT2D eigenvalue weighted by Crippen LogP contribution is -2.03. The van der Waals surface area contributed by atoms with Gasteiger partial charge in [0.1, 0.15) is 0 Å². The van der Waals surface area contributed by atoms with Crippen molar-refractivity contribution >= 4 is 43.6 Å². The fourth-order valence-electron chi connectivity index (χ4n) is 11.9. The monoisotopic (exact) mass is 1070 g/mol. The predicted molar refractivity (Wildman–Crippen MR) is 341 cm³/mol. The standard InChI is InChI=1S/C77H47N7/c78-48-50-17-16-28-57(37-50)62-40-64(43-66(41-62)84-73-35-31-60(54-22-10-3-11-23-54)46-69(73)70-47-61(32-36-74(70)84)55-24-12-4-13-25-55)77-81-75(56-26-14-5-15-27-56)80-76(82-77)63-38-51(49-79)39-65(42-63)83-71-33-29-58(52-18-6-1-7-19-52)44-67(71)68-45-59(30-34-72(68)83)53-20-8-2-9-21-53/h1-47H. The number of aromatic nitrogens is 5. The molecule has 15 aromatic rings. The van der Waals surface area contributed by atoms with E-state index >= 15 is 0 Å². The Morgan fingerprint density at radius 2 is 0.536 bits per heavy atom. The van der Waals surface area contributed by atoms with Crippen LogP contribution in [-0.2, 0) is 0 Å². The Balaban J connectivity index is 0.950. The quantitative estimate of drug-likeness (QED) is 0.136. The highest BCUT2D eigenvalue weighted by Gasteiger charge is 2.22. The number of fused-ring (bicyclic) bond motifs is 6. The van der Waals surface area contributed by atoms with E-state index in [1.807, 2.05) is 91.0 Å². The summed E-state index contributed by atoms with van der Waals surface area (Å²) in [5.41, 5.74) is 19.7. The van der Waals surface area contributed by atoms with Crippen LogP contribution in [0.25, 0.3) is 145 Å². The molecule has 84 heavy (non-hydrogen) atoms. The van der Waals surface area contributed by atoms with Gasteiger partial charge in [-0.2, -0.15) is 10.5 Å². The maximum Gasteiger partial charge on any atom is 0.164 e. The highest BCUT2D eigenvalue weighted by Crippen LogP contribution is 2.42. The van der Waals surface area contributed by atoms with Crippen LogP contribution in [0.4, 0.5) is 0 Å². The molecule has 0 aliphatic rings. The minimum atomic E-state index is 0.410. The number of hydrogen-bond donors (Lipinski definition) is 0. The molecule has 0 bridgehead atoms. The molecule has 3 heterocycles. The summed E-state index contributed by atoms with van der Waals surface area (Å²) in [6.45, 7) is 0. The highest BCUT2D eigenvalue weighted by molar-refractivity contribution is 6.13. The summed E-state index contributed by atoms with van der Waals surface area (Å²) in [6.07, 6.45) is 0. The molecule has 0 amide bonds. The van der Waals surface area contributed by atoms with Crippen molar-refractivity contribution in [3.8, 4) is 113 Å². The lowest BCUT2D eigenvalue weighted by Gasteiger charge is -2.15. The highest BCUT2D eigenvalue weighted by atomic mass is 15.0. The van der Waals surface area contributed by atoms with Gasteiger partial charge in [-0.25, -0.2) is 15.0 Å². The molecule has 390 valence electrons. The molecule has 15 rings (SSSR count). The van der Waals surface area contributed by atoms with E-state index in [0.29, 0.717) is 34.2 Å². The van der Waals surface area contributed by atoms with Gasteiger partial charge in [0.15, 0.2) is 17.5 Å². The first-order valence-corrected chi connectivity index (χ1v) is 27.9. The van der Waals surface area contributed by atoms with Crippen LogP contribution in [-0.4, -0.2) is 24.1 Å². The van der Waals surface area contributed by atoms with E-state index in [1.165, 1.54) is 0 Å². The molecule has 0 saturated carbocycles. The second kappa shape index (κ2) is 20.7. The number of nitriles is 2. The molecule has 0 N–H and O–H groups in total. The summed E-state index contributed by atoms with van der Waals surface area (Å²) in [7, 11) is 0. The average Bonchev–Trinajstić information content (AvgIpc) is 4.17. The van der Waals surface area contributed by atoms with E-state index in [2.05, 4.69) is 215 Å². The maximum atomic E-state index is 10.9. The van der Waals surface area contributed by atoms with Crippen molar-refractivity contribution in [3.63, 3.8) is 0 Å². The molecule has 0 atom stereocenters. The van der Waals surface area contributed by atoms with Gasteiger partial charge in [0.2, 0.25) is 0 Å². The van der Waals surface area contributed by atoms with Crippen molar-refractivity contribution < 1.29 is 0 Å². The third kappa shape index (κ3) is 8.92. The summed E-state index contributed by atoms with van der Waals surface area (Å²) in [5, 5.41) is 25.5. The maximum absolute atomic E-state index is 10.9. The minimum Gasteiger partial charge on any atom is -0.309 e. The van der Waals surface area contributed by atoms with Crippen molar-refractivity contribution in [3.05, 3.63) is 296 Å². The molecular formula is C77H47N7. The predicted octanol–water partition coefficient (Wildman–Crippen LogP) is 19.1. The molecule has 7 heteroatoms. The first-order valence-electron chi connectivity index (χ1n) is 27.9. The van der Waals surface area contributed by atoms with Crippen molar-refractivity contribution in [1.29, 1.82) is 10.5 Å². The summed E-state index contributed by atoms with van der Waals surface area (Å²) < 4.78 is 4.58. The first-order chi connectivity index (χ1) is 41.5. The SMILES string of the molecule is N#Cc1cccc(-c2cc(-c3nc(-c4ccccc4)nc(-c4cc(C#N)cc(-n5c6ccc(-c7ccccc7)cc6c6cc(-c7ccccc7)ccc65)c4)n3)cc(-n3c4ccc(-c5ccccc5)cc4c4cc(-c5ccccc5)ccc43)c2)c1. The van der Waals surface area contributed by atoms with E-state index in [9.17, 15) is 10.5 Å². The van der Waals surface area contributed by atoms with Crippen molar-refractivity contribution in [1.82, 2.24) is 24.1 Å². The lowest BCUT2D eigenvalue weighted by atomic mass is 9.99. The van der Waals surface area contributed by atoms with Crippen LogP contribution >= 0.6 is 0 Å². The Morgan fingerprint density at radius 3 is 0.929 bits per heavy atom. The van der Waals surface area contributed by atoms with Gasteiger partial charge in [0, 0.05) is 49.6 Å². The largest absolute Gasteiger partial charge is 0.309 e. The summed E-state index contributed by atoms with van der Waals surface area (Å²) in [5.74, 6) is 1.34. The smallest absolute Gasteiger partial charge is 0.164 e. The number of nitrogens with zero attached hydrogens (tertiary/aromatic N) is 7. The van der Waals surface area contributed by atoms with Gasteiger partial charge in [-0.05, 0) is 153 Å². The molecule has 0 fully saturated rings. The lowest BCUT2D eigenvalue weighted by molar-refractivity contribution is 1.07. The molecule has 0 saturated heterocycles. The van der Waals surface area contributed by atoms with Crippen LogP contribution in [0.5, 0.6) is 0 Å². The van der Waals surface area contributed by atoms with Crippen LogP contribution in [0.2, 0.25) is 0 Å². The van der Waals surface area contributed by atoms with Gasteiger partial charge >= 0.3 is 0 Å². The normalized spacial score (nSPS) is 11.3. The third-order valence-corrected chi connectivity index (χ3v) is 15.9. The van der Waals surface area contributed by atoms with Crippen LogP contribution < -0.4 is 0 Å². The molecular weight excluding hydrogens is 1020 g/mol. The van der Waals surface area contributed by atoms with E-state index < -0.39 is 0 Å². The van der Waals surface area contributed by atoms with E-state index in [0.717, 1.165) is 122 Å². The molecule has 12 aromatic carbocycles. The van der Waals surface area contributed by atoms with Gasteiger partial charge < -0.3 is 9.13 Å². The van der Waals surface area contributed by atoms with Crippen LogP contribution in [0.1, 0.15) is 11.1 Å². The van der Waals surface area contributed by atoms with Crippen molar-refractivity contribution in [2.45, 2.75) is 0 Å². The van der Waals surface area contributed by atoms with Crippen LogP contribution in [0, 0.1) is 22.7 Å². The summed E-state index contributed by atoms with van der Waals surface area (Å²) in [6, 6.07) is 104. The van der Waals surface area contributed by atoms with Gasteiger partial charge in [-0.3, -0.25) is 0 Å². The zero-order valence-corrected chi connectivity index (χ0v) is 45.3. The Bertz CT molecular complexity index is 4940. The second-order valence-corrected chi connectivity index (χ2v) is 21.1. The third-order valence-electron chi connectivity index (χ3n) is 15.9. The Kier molecular flexibility index (Phi) is 12.2. The van der Waals surface area contributed by atoms with Gasteiger partial charge in [0.05, 0.1) is 45.3 Å². The van der Waals surface area contributed by atoms with Gasteiger partial charge in [-0.15, -0.1) is 0 Å². The molecule has 0 radical (unpaired) electrons. The fraction of sp³-hybridized carbons (Fsp3) is 0. The fourth-order valence-corrected chi connectivity index (χ4v) is 11.9. The average molecular weight is 1070 g/mol. The van der Waals surface area contributed by atoms with E-state index in [1.54, 1.807) is 0 Å². The molecule has 0 unspecified atom stereocenters. The molecule has 0 spiro atoms. The molecule has 0 aliphatic carbocycles. The van der Waals surface area contributed by atoms with Gasteiger partial charge in [-0.1, -0.05) is 188 Å². The number of rotatable bonds is 10. The van der Waals surface area contributed by atoms with Crippen molar-refractivity contribution in [2.24, 2.45) is 0 Å². The number of hydrogen-bond acceptors (Lipinski definition) is 5. The zero-order valence-electron chi connectivity index (χ0n) is 45.3. The number of benzene rings is 12. The van der Waals surface area contributed by atoms with E-state index in [-0.39, 0.29) is 0 Å². The molecule has 3 aromatic heterocycles. The van der Waals surface area contributed by atoms with Crippen LogP contribution in [0.3, 0.4) is 0 Å². The Labute approximate surface area is 485 Å². The van der Waals surface area contributed by atoms with E-state index in [4.69, 9.17) is 15.0 Å². The minimum absolute atomic E-state index is 0.410. The Morgan fingerprint density at radius 1 is 0.226 bits per heavy atom.